The number of phenolic OH excluding ortho intramolecular Hbond substituents is 1. The molecule has 1 unspecified atom stereocenters. The van der Waals surface area contributed by atoms with Crippen LogP contribution in [0.25, 0.3) is 11.1 Å². The number of fused-ring (bicyclic) bond motifs is 1. The van der Waals surface area contributed by atoms with Gasteiger partial charge in [-0.15, -0.1) is 11.6 Å². The van der Waals surface area contributed by atoms with Gasteiger partial charge in [0.15, 0.2) is 5.82 Å². The Morgan fingerprint density at radius 1 is 0.810 bits per heavy atom. The lowest BCUT2D eigenvalue weighted by Crippen LogP contribution is -2.54. The van der Waals surface area contributed by atoms with Gasteiger partial charge < -0.3 is 14.9 Å². The smallest absolute Gasteiger partial charge is 0.265 e. The van der Waals surface area contributed by atoms with Crippen LogP contribution in [0.3, 0.4) is 0 Å². The minimum absolute atomic E-state index is 0.129. The summed E-state index contributed by atoms with van der Waals surface area (Å²) in [6, 6.07) is 23.5. The molecule has 4 amide bonds. The highest BCUT2D eigenvalue weighted by molar-refractivity contribution is 6.24. The molecule has 58 heavy (non-hydrogen) atoms. The van der Waals surface area contributed by atoms with Crippen molar-refractivity contribution >= 4 is 57.8 Å². The van der Waals surface area contributed by atoms with Crippen LogP contribution in [-0.2, 0) is 9.59 Å². The van der Waals surface area contributed by atoms with E-state index >= 15 is 8.78 Å². The summed E-state index contributed by atoms with van der Waals surface area (Å²) in [5.74, 6) is -8.19. The van der Waals surface area contributed by atoms with Crippen LogP contribution >= 0.6 is 11.6 Å². The van der Waals surface area contributed by atoms with E-state index in [1.54, 1.807) is 12.1 Å². The van der Waals surface area contributed by atoms with Gasteiger partial charge >= 0.3 is 0 Å². The van der Waals surface area contributed by atoms with Crippen LogP contribution in [0.5, 0.6) is 5.75 Å². The largest absolute Gasteiger partial charge is 0.508 e. The number of piperidine rings is 2. The van der Waals surface area contributed by atoms with Crippen molar-refractivity contribution in [2.24, 2.45) is 5.92 Å². The molecule has 4 aliphatic rings. The van der Waals surface area contributed by atoms with E-state index < -0.39 is 96.6 Å². The van der Waals surface area contributed by atoms with E-state index in [-0.39, 0.29) is 23.5 Å². The molecule has 300 valence electrons. The van der Waals surface area contributed by atoms with E-state index in [0.29, 0.717) is 54.1 Å². The first kappa shape index (κ1) is 30.5. The highest BCUT2D eigenvalue weighted by Crippen LogP contribution is 2.38. The highest BCUT2D eigenvalue weighted by Gasteiger charge is 2.47. The van der Waals surface area contributed by atoms with E-state index in [9.17, 15) is 24.3 Å². The zero-order valence-corrected chi connectivity index (χ0v) is 31.9. The third-order valence-electron chi connectivity index (χ3n) is 10.9. The number of imide groups is 2. The fourth-order valence-electron chi connectivity index (χ4n) is 7.99. The van der Waals surface area contributed by atoms with Crippen LogP contribution in [0.1, 0.15) is 80.5 Å². The predicted octanol–water partition coefficient (Wildman–Crippen LogP) is 6.70. The first-order valence-electron chi connectivity index (χ1n) is 22.9. The number of rotatable bonds is 10. The van der Waals surface area contributed by atoms with Crippen molar-refractivity contribution in [1.29, 1.82) is 0 Å². The number of aromatic hydroxyl groups is 1. The number of hydrogen-bond acceptors (Lipinski definition) is 8. The average Bonchev–Trinajstić information content (AvgIpc) is 3.52. The number of anilines is 2. The summed E-state index contributed by atoms with van der Waals surface area (Å²) < 4.78 is 104. The van der Waals surface area contributed by atoms with Crippen LogP contribution < -0.4 is 15.1 Å². The van der Waals surface area contributed by atoms with Gasteiger partial charge in [-0.3, -0.25) is 34.3 Å². The maximum Gasteiger partial charge on any atom is 0.265 e. The molecule has 8 rings (SSSR count). The molecule has 0 aromatic heterocycles. The van der Waals surface area contributed by atoms with E-state index in [0.717, 1.165) is 33.5 Å². The second-order valence-corrected chi connectivity index (χ2v) is 14.8. The molecule has 4 aliphatic heterocycles. The normalized spacial score (nSPS) is 25.2. The molecule has 0 bridgehead atoms. The van der Waals surface area contributed by atoms with Crippen LogP contribution in [0.4, 0.5) is 20.2 Å². The number of phenols is 1. The van der Waals surface area contributed by atoms with Crippen LogP contribution in [-0.4, -0.2) is 96.1 Å². The third-order valence-corrected chi connectivity index (χ3v) is 11.1. The average molecular weight is 816 g/mol. The zero-order chi connectivity index (χ0) is 47.7. The number of nitrogens with one attached hydrogen (secondary N) is 1. The van der Waals surface area contributed by atoms with Gasteiger partial charge in [0.2, 0.25) is 11.8 Å². The van der Waals surface area contributed by atoms with E-state index in [4.69, 9.17) is 22.6 Å². The lowest BCUT2D eigenvalue weighted by atomic mass is 9.88. The Morgan fingerprint density at radius 3 is 2.10 bits per heavy atom. The SMILES string of the molecule is [2H]C1([2H])N(CC2CCN(c3ccc(C(=C(CCCl)c4ccccc4)c4ccc(O)cc4)cc3)CC2)C([2H])([2H])C([2H])([2H])N(c2c(F)cc3c(c2F)C(=O)N(C2CCC(=O)NC2=O)C3=O)C1([2H])[2H]. The number of piperazine rings is 1. The summed E-state index contributed by atoms with van der Waals surface area (Å²) in [5, 5.41) is 12.0. The monoisotopic (exact) mass is 815 g/mol. The fraction of sp³-hybridized carbons (Fsp3) is 0.333. The third kappa shape index (κ3) is 7.70. The molecule has 4 aromatic carbocycles. The molecule has 0 aliphatic carbocycles. The molecule has 0 spiro atoms. The van der Waals surface area contributed by atoms with Crippen LogP contribution in [0.2, 0.25) is 0 Å². The lowest BCUT2D eigenvalue weighted by molar-refractivity contribution is -0.136. The molecule has 10 nitrogen and oxygen atoms in total. The van der Waals surface area contributed by atoms with Gasteiger partial charge in [0, 0.05) is 69.1 Å². The Hall–Kier alpha value is -5.59. The first-order chi connectivity index (χ1) is 31.1. The predicted molar refractivity (Wildman–Crippen MR) is 219 cm³/mol. The Morgan fingerprint density at radius 2 is 1.47 bits per heavy atom. The Bertz CT molecular complexity index is 2610. The van der Waals surface area contributed by atoms with Gasteiger partial charge in [-0.05, 0) is 89.8 Å². The number of benzene rings is 4. The van der Waals surface area contributed by atoms with Gasteiger partial charge in [-0.2, -0.15) is 0 Å². The van der Waals surface area contributed by atoms with Gasteiger partial charge in [0.25, 0.3) is 11.8 Å². The highest BCUT2D eigenvalue weighted by atomic mass is 35.5. The van der Waals surface area contributed by atoms with Gasteiger partial charge in [0.1, 0.15) is 23.3 Å². The van der Waals surface area contributed by atoms with E-state index in [1.165, 1.54) is 0 Å². The second-order valence-electron chi connectivity index (χ2n) is 14.5. The molecular formula is C45H44ClF2N5O5. The van der Waals surface area contributed by atoms with Crippen molar-refractivity contribution in [3.63, 3.8) is 0 Å². The number of carbonyl (C=O) groups excluding carboxylic acids is 4. The lowest BCUT2D eigenvalue weighted by Gasteiger charge is -2.40. The molecule has 4 aromatic rings. The van der Waals surface area contributed by atoms with Crippen molar-refractivity contribution in [2.75, 3.05) is 61.3 Å². The number of nitrogens with zero attached hydrogens (tertiary/aromatic N) is 4. The quantitative estimate of drug-likeness (QED) is 0.103. The molecule has 0 saturated carbocycles. The molecule has 1 atom stereocenters. The van der Waals surface area contributed by atoms with E-state index in [2.05, 4.69) is 4.90 Å². The summed E-state index contributed by atoms with van der Waals surface area (Å²) in [4.78, 5) is 53.7. The molecule has 3 fully saturated rings. The maximum atomic E-state index is 16.6. The number of amides is 4. The summed E-state index contributed by atoms with van der Waals surface area (Å²) >= 11 is 6.32. The standard InChI is InChI=1S/C45H44ClF2N5O5/c46-19-16-34(29-4-2-1-3-5-29)39(31-8-12-33(54)13-9-31)30-6-10-32(11-7-30)51-20-17-28(18-21-51)27-50-22-24-52(25-23-50)42-36(47)26-35-40(41(42)48)45(58)53(44(35)57)37-14-15-38(55)49-43(37)56/h1-13,26,28,37,54H,14-25,27H2,(H,49,55,56)/i22D2,23D2,24D2,25D2. The number of alkyl halides is 1. The van der Waals surface area contributed by atoms with Crippen LogP contribution in [0.15, 0.2) is 84.9 Å². The van der Waals surface area contributed by atoms with Gasteiger partial charge in [0.05, 0.1) is 16.6 Å². The number of allylic oxidation sites excluding steroid dienone is 1. The number of carbonyl (C=O) groups is 4. The van der Waals surface area contributed by atoms with Gasteiger partial charge in [-0.1, -0.05) is 54.6 Å². The molecular weight excluding hydrogens is 764 g/mol. The summed E-state index contributed by atoms with van der Waals surface area (Å²) in [7, 11) is 0. The number of halogens is 3. The summed E-state index contributed by atoms with van der Waals surface area (Å²) in [6.07, 6.45) is 0.702. The Kier molecular flexibility index (Phi) is 8.78. The maximum absolute atomic E-state index is 16.6. The Balaban J connectivity index is 1.02. The van der Waals surface area contributed by atoms with Crippen molar-refractivity contribution in [3.05, 3.63) is 124 Å². The molecule has 13 heteroatoms. The topological polar surface area (TPSA) is 114 Å². The summed E-state index contributed by atoms with van der Waals surface area (Å²) in [6.45, 7) is -14.0. The molecule has 3 saturated heterocycles. The minimum Gasteiger partial charge on any atom is -0.508 e. The van der Waals surface area contributed by atoms with Crippen molar-refractivity contribution < 1.29 is 44.0 Å². The zero-order valence-electron chi connectivity index (χ0n) is 39.1. The van der Waals surface area contributed by atoms with Crippen molar-refractivity contribution in [2.45, 2.75) is 38.1 Å². The minimum atomic E-state index is -3.72. The molecule has 0 radical (unpaired) electrons. The van der Waals surface area contributed by atoms with Crippen molar-refractivity contribution in [3.8, 4) is 5.75 Å². The summed E-state index contributed by atoms with van der Waals surface area (Å²) in [5.41, 5.74) is 1.98. The fourth-order valence-corrected chi connectivity index (χ4v) is 8.18. The Labute approximate surface area is 351 Å². The molecule has 2 N–H and O–H groups in total. The van der Waals surface area contributed by atoms with Crippen LogP contribution in [0, 0.1) is 17.6 Å². The van der Waals surface area contributed by atoms with E-state index in [1.807, 2.05) is 72.0 Å². The van der Waals surface area contributed by atoms with Gasteiger partial charge in [-0.25, -0.2) is 8.78 Å². The number of hydrogen-bond donors (Lipinski definition) is 2. The second kappa shape index (κ2) is 16.7. The molecule has 4 heterocycles. The van der Waals surface area contributed by atoms with Crippen molar-refractivity contribution in [1.82, 2.24) is 15.1 Å². The first-order valence-corrected chi connectivity index (χ1v) is 19.5.